The van der Waals surface area contributed by atoms with Crippen LogP contribution in [0.1, 0.15) is 20.8 Å². The number of nitrogens with zero attached hydrogens (tertiary/aromatic N) is 1. The van der Waals surface area contributed by atoms with Crippen molar-refractivity contribution in [1.29, 1.82) is 0 Å². The van der Waals surface area contributed by atoms with E-state index in [4.69, 9.17) is 4.74 Å². The van der Waals surface area contributed by atoms with Crippen molar-refractivity contribution in [3.8, 4) is 0 Å². The number of ether oxygens (including phenoxy) is 1. The van der Waals surface area contributed by atoms with Gasteiger partial charge in [0.2, 0.25) is 5.91 Å². The van der Waals surface area contributed by atoms with Crippen LogP contribution in [0.25, 0.3) is 0 Å². The van der Waals surface area contributed by atoms with Crippen molar-refractivity contribution in [1.82, 2.24) is 4.90 Å². The summed E-state index contributed by atoms with van der Waals surface area (Å²) in [7, 11) is 1.62. The van der Waals surface area contributed by atoms with E-state index in [2.05, 4.69) is 6.58 Å². The summed E-state index contributed by atoms with van der Waals surface area (Å²) in [6, 6.07) is 0. The fourth-order valence-corrected chi connectivity index (χ4v) is 1.07. The number of carbonyl (C=O) groups excluding carboxylic acids is 1. The Bertz CT molecular complexity index is 182. The molecule has 0 N–H and O–H groups in total. The van der Waals surface area contributed by atoms with Crippen molar-refractivity contribution in [2.75, 3.05) is 20.3 Å². The smallest absolute Gasteiger partial charge is 0.246 e. The Morgan fingerprint density at radius 3 is 2.38 bits per heavy atom. The van der Waals surface area contributed by atoms with E-state index in [0.717, 1.165) is 0 Å². The van der Waals surface area contributed by atoms with Crippen molar-refractivity contribution < 1.29 is 9.53 Å². The molecule has 0 aliphatic heterocycles. The molecule has 0 aromatic rings. The largest absolute Gasteiger partial charge is 0.383 e. The molecule has 0 fully saturated rings. The predicted octanol–water partition coefficient (Wildman–Crippen LogP) is 1.45. The molecule has 3 heteroatoms. The summed E-state index contributed by atoms with van der Waals surface area (Å²) >= 11 is 0. The van der Waals surface area contributed by atoms with E-state index in [1.54, 1.807) is 12.0 Å². The maximum Gasteiger partial charge on any atom is 0.246 e. The second kappa shape index (κ2) is 5.02. The second-order valence-electron chi connectivity index (χ2n) is 3.86. The van der Waals surface area contributed by atoms with Gasteiger partial charge in [-0.2, -0.15) is 0 Å². The minimum absolute atomic E-state index is 0.0513. The van der Waals surface area contributed by atoms with Gasteiger partial charge >= 0.3 is 0 Å². The van der Waals surface area contributed by atoms with E-state index in [1.807, 2.05) is 20.8 Å². The topological polar surface area (TPSA) is 29.5 Å². The highest BCUT2D eigenvalue weighted by Crippen LogP contribution is 2.13. The van der Waals surface area contributed by atoms with Crippen LogP contribution in [0.4, 0.5) is 0 Å². The summed E-state index contributed by atoms with van der Waals surface area (Å²) in [5.41, 5.74) is -0.177. The number of hydrogen-bond acceptors (Lipinski definition) is 2. The van der Waals surface area contributed by atoms with Crippen LogP contribution >= 0.6 is 0 Å². The van der Waals surface area contributed by atoms with Crippen LogP contribution in [-0.2, 0) is 9.53 Å². The first kappa shape index (κ1) is 12.2. The van der Waals surface area contributed by atoms with Crippen LogP contribution in [0, 0.1) is 0 Å². The van der Waals surface area contributed by atoms with Gasteiger partial charge in [0.25, 0.3) is 0 Å². The zero-order valence-electron chi connectivity index (χ0n) is 8.96. The van der Waals surface area contributed by atoms with E-state index in [9.17, 15) is 4.79 Å². The van der Waals surface area contributed by atoms with Gasteiger partial charge in [0.1, 0.15) is 0 Å². The van der Waals surface area contributed by atoms with Crippen LogP contribution < -0.4 is 0 Å². The maximum absolute atomic E-state index is 11.4. The van der Waals surface area contributed by atoms with Gasteiger partial charge in [-0.15, -0.1) is 0 Å². The number of rotatable bonds is 4. The average molecular weight is 185 g/mol. The first-order valence-corrected chi connectivity index (χ1v) is 4.36. The van der Waals surface area contributed by atoms with Gasteiger partial charge in [-0.1, -0.05) is 6.58 Å². The van der Waals surface area contributed by atoms with Crippen molar-refractivity contribution in [2.24, 2.45) is 0 Å². The Hall–Kier alpha value is -0.830. The van der Waals surface area contributed by atoms with E-state index >= 15 is 0 Å². The normalized spacial score (nSPS) is 11.1. The third kappa shape index (κ3) is 4.08. The SMILES string of the molecule is C=CC(=O)N(CCOC)C(C)(C)C. The zero-order valence-corrected chi connectivity index (χ0v) is 8.96. The Balaban J connectivity index is 4.37. The molecule has 0 unspecified atom stereocenters. The molecule has 0 rings (SSSR count). The fourth-order valence-electron chi connectivity index (χ4n) is 1.07. The molecule has 3 nitrogen and oxygen atoms in total. The monoisotopic (exact) mass is 185 g/mol. The lowest BCUT2D eigenvalue weighted by atomic mass is 10.1. The van der Waals surface area contributed by atoms with Crippen LogP contribution in [0.15, 0.2) is 12.7 Å². The fraction of sp³-hybridized carbons (Fsp3) is 0.700. The lowest BCUT2D eigenvalue weighted by molar-refractivity contribution is -0.131. The van der Waals surface area contributed by atoms with Gasteiger partial charge in [0.15, 0.2) is 0 Å². The molecule has 0 aromatic carbocycles. The van der Waals surface area contributed by atoms with Gasteiger partial charge < -0.3 is 9.64 Å². The molecular formula is C10H19NO2. The van der Waals surface area contributed by atoms with Crippen LogP contribution in [0.5, 0.6) is 0 Å². The van der Waals surface area contributed by atoms with E-state index in [0.29, 0.717) is 13.2 Å². The molecule has 0 aromatic heterocycles. The van der Waals surface area contributed by atoms with Gasteiger partial charge in [-0.25, -0.2) is 0 Å². The first-order valence-electron chi connectivity index (χ1n) is 4.36. The Kier molecular flexibility index (Phi) is 4.70. The molecule has 0 spiro atoms. The molecule has 0 aliphatic carbocycles. The Morgan fingerprint density at radius 1 is 1.54 bits per heavy atom. The maximum atomic E-state index is 11.4. The summed E-state index contributed by atoms with van der Waals surface area (Å²) in [5, 5.41) is 0. The van der Waals surface area contributed by atoms with Gasteiger partial charge in [0.05, 0.1) is 6.61 Å². The minimum Gasteiger partial charge on any atom is -0.383 e. The third-order valence-corrected chi connectivity index (χ3v) is 1.77. The summed E-state index contributed by atoms with van der Waals surface area (Å²) in [4.78, 5) is 13.2. The number of methoxy groups -OCH3 is 1. The standard InChI is InChI=1S/C10H19NO2/c1-6-9(12)11(7-8-13-5)10(2,3)4/h6H,1,7-8H2,2-5H3. The molecule has 0 heterocycles. The molecule has 0 aliphatic rings. The van der Waals surface area contributed by atoms with Crippen molar-refractivity contribution >= 4 is 5.91 Å². The lowest BCUT2D eigenvalue weighted by Gasteiger charge is -2.34. The lowest BCUT2D eigenvalue weighted by Crippen LogP contribution is -2.46. The molecule has 1 amide bonds. The number of hydrogen-bond donors (Lipinski definition) is 0. The molecule has 0 saturated heterocycles. The Morgan fingerprint density at radius 2 is 2.08 bits per heavy atom. The molecule has 76 valence electrons. The zero-order chi connectivity index (χ0) is 10.5. The van der Waals surface area contributed by atoms with Crippen molar-refractivity contribution in [2.45, 2.75) is 26.3 Å². The van der Waals surface area contributed by atoms with E-state index < -0.39 is 0 Å². The molecule has 0 saturated carbocycles. The molecule has 0 radical (unpaired) electrons. The molecule has 0 atom stereocenters. The highest BCUT2D eigenvalue weighted by molar-refractivity contribution is 5.87. The minimum atomic E-state index is -0.177. The summed E-state index contributed by atoms with van der Waals surface area (Å²) in [5.74, 6) is -0.0513. The highest BCUT2D eigenvalue weighted by Gasteiger charge is 2.23. The number of amides is 1. The summed E-state index contributed by atoms with van der Waals surface area (Å²) in [6.07, 6.45) is 1.33. The van der Waals surface area contributed by atoms with Crippen LogP contribution in [0.3, 0.4) is 0 Å². The quantitative estimate of drug-likeness (QED) is 0.620. The van der Waals surface area contributed by atoms with Crippen LogP contribution in [-0.4, -0.2) is 36.6 Å². The van der Waals surface area contributed by atoms with Crippen molar-refractivity contribution in [3.05, 3.63) is 12.7 Å². The summed E-state index contributed by atoms with van der Waals surface area (Å²) < 4.78 is 4.93. The average Bonchev–Trinajstić information content (AvgIpc) is 2.02. The molecule has 13 heavy (non-hydrogen) atoms. The van der Waals surface area contributed by atoms with Gasteiger partial charge in [0, 0.05) is 19.2 Å². The first-order chi connectivity index (χ1) is 5.93. The molecule has 0 bridgehead atoms. The Labute approximate surface area is 80.4 Å². The highest BCUT2D eigenvalue weighted by atomic mass is 16.5. The molecular weight excluding hydrogens is 166 g/mol. The number of carbonyl (C=O) groups is 1. The van der Waals surface area contributed by atoms with E-state index in [-0.39, 0.29) is 11.4 Å². The predicted molar refractivity (Wildman–Crippen MR) is 53.5 cm³/mol. The summed E-state index contributed by atoms with van der Waals surface area (Å²) in [6.45, 7) is 10.6. The van der Waals surface area contributed by atoms with Gasteiger partial charge in [-0.3, -0.25) is 4.79 Å². The van der Waals surface area contributed by atoms with E-state index in [1.165, 1.54) is 6.08 Å². The van der Waals surface area contributed by atoms with Crippen LogP contribution in [0.2, 0.25) is 0 Å². The third-order valence-electron chi connectivity index (χ3n) is 1.77. The van der Waals surface area contributed by atoms with Crippen molar-refractivity contribution in [3.63, 3.8) is 0 Å². The second-order valence-corrected chi connectivity index (χ2v) is 3.86. The van der Waals surface area contributed by atoms with Gasteiger partial charge in [-0.05, 0) is 26.8 Å².